The third kappa shape index (κ3) is 4.48. The molecule has 1 aromatic heterocycles. The van der Waals surface area contributed by atoms with Crippen molar-refractivity contribution in [1.29, 1.82) is 0 Å². The molecule has 55 heavy (non-hydrogen) atoms. The summed E-state index contributed by atoms with van der Waals surface area (Å²) in [5, 5.41) is 17.9. The molecule has 0 unspecified atom stereocenters. The Hall–Kier alpha value is -7.22. The Kier molecular flexibility index (Phi) is 6.40. The fourth-order valence-electron chi connectivity index (χ4n) is 9.40. The van der Waals surface area contributed by atoms with Crippen LogP contribution in [0.5, 0.6) is 0 Å². The number of benzene rings is 11. The first-order chi connectivity index (χ1) is 27.3. The molecule has 11 aromatic carbocycles. The maximum absolute atomic E-state index is 2.48. The first-order valence-corrected chi connectivity index (χ1v) is 19.1. The van der Waals surface area contributed by atoms with Gasteiger partial charge in [0.05, 0.1) is 11.0 Å². The summed E-state index contributed by atoms with van der Waals surface area (Å²) in [5.41, 5.74) is 8.49. The van der Waals surface area contributed by atoms with Crippen LogP contribution in [0.15, 0.2) is 200 Å². The zero-order valence-electron chi connectivity index (χ0n) is 30.0. The van der Waals surface area contributed by atoms with Crippen LogP contribution >= 0.6 is 0 Å². The summed E-state index contributed by atoms with van der Waals surface area (Å²) in [6, 6.07) is 74.1. The molecular weight excluding hydrogens is 663 g/mol. The topological polar surface area (TPSA) is 4.93 Å². The van der Waals surface area contributed by atoms with Gasteiger partial charge < -0.3 is 4.57 Å². The average Bonchev–Trinajstić information content (AvgIpc) is 3.61. The number of fused-ring (bicyclic) bond motifs is 14. The third-order valence-electron chi connectivity index (χ3n) is 11.9. The second-order valence-corrected chi connectivity index (χ2v) is 14.8. The molecule has 0 bridgehead atoms. The standard InChI is InChI=1S/C54H33N/c1-2-13-38-31-40(28-25-34(38)11-1)55-51-30-27-36-12-3-4-14-41(36)53(51)54-48-20-10-9-19-46(48)49(33-52(54)55)37-23-21-35(22-24-37)39-26-29-47-44-17-6-5-15-42(44)43-16-7-8-18-45(43)50(47)32-39/h1-33H. The molecular formula is C54H33N. The van der Waals surface area contributed by atoms with Crippen LogP contribution in [0, 0.1) is 0 Å². The van der Waals surface area contributed by atoms with Crippen molar-refractivity contribution in [3.8, 4) is 27.9 Å². The van der Waals surface area contributed by atoms with Gasteiger partial charge >= 0.3 is 0 Å². The van der Waals surface area contributed by atoms with Crippen molar-refractivity contribution in [3.63, 3.8) is 0 Å². The van der Waals surface area contributed by atoms with Crippen LogP contribution in [0.4, 0.5) is 0 Å². The minimum atomic E-state index is 1.17. The van der Waals surface area contributed by atoms with Gasteiger partial charge in [0, 0.05) is 16.5 Å². The maximum Gasteiger partial charge on any atom is 0.0553 e. The summed E-state index contributed by atoms with van der Waals surface area (Å²) in [6.45, 7) is 0. The quantitative estimate of drug-likeness (QED) is 0.162. The lowest BCUT2D eigenvalue weighted by atomic mass is 9.91. The molecule has 0 aliphatic rings. The number of nitrogens with zero attached hydrogens (tertiary/aromatic N) is 1. The molecule has 0 saturated heterocycles. The molecule has 1 heterocycles. The van der Waals surface area contributed by atoms with Gasteiger partial charge in [-0.2, -0.15) is 0 Å². The molecule has 0 saturated carbocycles. The largest absolute Gasteiger partial charge is 0.309 e. The van der Waals surface area contributed by atoms with E-state index in [1.807, 2.05) is 0 Å². The molecule has 0 spiro atoms. The van der Waals surface area contributed by atoms with E-state index in [-0.39, 0.29) is 0 Å². The molecule has 1 nitrogen and oxygen atoms in total. The van der Waals surface area contributed by atoms with E-state index in [9.17, 15) is 0 Å². The van der Waals surface area contributed by atoms with E-state index in [0.29, 0.717) is 0 Å². The lowest BCUT2D eigenvalue weighted by Crippen LogP contribution is -1.94. The summed E-state index contributed by atoms with van der Waals surface area (Å²) in [5.74, 6) is 0. The zero-order valence-corrected chi connectivity index (χ0v) is 30.0. The van der Waals surface area contributed by atoms with Crippen LogP contribution in [0.25, 0.3) is 114 Å². The minimum Gasteiger partial charge on any atom is -0.309 e. The summed E-state index contributed by atoms with van der Waals surface area (Å²) in [4.78, 5) is 0. The first kappa shape index (κ1) is 30.3. The van der Waals surface area contributed by atoms with Crippen molar-refractivity contribution < 1.29 is 0 Å². The Morgan fingerprint density at radius 3 is 1.49 bits per heavy atom. The lowest BCUT2D eigenvalue weighted by Gasteiger charge is -2.14. The monoisotopic (exact) mass is 695 g/mol. The van der Waals surface area contributed by atoms with Gasteiger partial charge in [0.15, 0.2) is 0 Å². The van der Waals surface area contributed by atoms with E-state index >= 15 is 0 Å². The van der Waals surface area contributed by atoms with Crippen molar-refractivity contribution >= 4 is 86.4 Å². The Morgan fingerprint density at radius 1 is 0.255 bits per heavy atom. The number of hydrogen-bond acceptors (Lipinski definition) is 0. The van der Waals surface area contributed by atoms with E-state index in [1.165, 1.54) is 114 Å². The van der Waals surface area contributed by atoms with E-state index in [0.717, 1.165) is 0 Å². The molecule has 0 radical (unpaired) electrons. The summed E-state index contributed by atoms with van der Waals surface area (Å²) >= 11 is 0. The van der Waals surface area contributed by atoms with Crippen LogP contribution in [-0.4, -0.2) is 4.57 Å². The molecule has 12 aromatic rings. The number of aromatic nitrogens is 1. The molecule has 0 atom stereocenters. The van der Waals surface area contributed by atoms with Crippen molar-refractivity contribution in [2.45, 2.75) is 0 Å². The van der Waals surface area contributed by atoms with Crippen molar-refractivity contribution in [2.24, 2.45) is 0 Å². The van der Waals surface area contributed by atoms with Crippen LogP contribution < -0.4 is 0 Å². The van der Waals surface area contributed by atoms with Crippen LogP contribution in [0.2, 0.25) is 0 Å². The normalized spacial score (nSPS) is 12.0. The van der Waals surface area contributed by atoms with Crippen molar-refractivity contribution in [1.82, 2.24) is 4.57 Å². The van der Waals surface area contributed by atoms with E-state index < -0.39 is 0 Å². The molecule has 12 rings (SSSR count). The summed E-state index contributed by atoms with van der Waals surface area (Å²) in [6.07, 6.45) is 0. The summed E-state index contributed by atoms with van der Waals surface area (Å²) < 4.78 is 2.48. The lowest BCUT2D eigenvalue weighted by molar-refractivity contribution is 1.19. The smallest absolute Gasteiger partial charge is 0.0553 e. The van der Waals surface area contributed by atoms with Gasteiger partial charge in [-0.1, -0.05) is 170 Å². The molecule has 0 N–H and O–H groups in total. The highest BCUT2D eigenvalue weighted by Gasteiger charge is 2.20. The van der Waals surface area contributed by atoms with Gasteiger partial charge in [0.25, 0.3) is 0 Å². The van der Waals surface area contributed by atoms with Crippen LogP contribution in [0.1, 0.15) is 0 Å². The highest BCUT2D eigenvalue weighted by atomic mass is 15.0. The van der Waals surface area contributed by atoms with Crippen molar-refractivity contribution in [3.05, 3.63) is 200 Å². The molecule has 254 valence electrons. The fraction of sp³-hybridized carbons (Fsp3) is 0. The van der Waals surface area contributed by atoms with Gasteiger partial charge in [-0.05, 0) is 117 Å². The second-order valence-electron chi connectivity index (χ2n) is 14.8. The maximum atomic E-state index is 2.48. The Bertz CT molecular complexity index is 3490. The van der Waals surface area contributed by atoms with Crippen LogP contribution in [0.3, 0.4) is 0 Å². The number of hydrogen-bond donors (Lipinski definition) is 0. The predicted molar refractivity (Wildman–Crippen MR) is 237 cm³/mol. The second kappa shape index (κ2) is 11.6. The van der Waals surface area contributed by atoms with E-state index in [2.05, 4.69) is 205 Å². The Morgan fingerprint density at radius 2 is 0.764 bits per heavy atom. The van der Waals surface area contributed by atoms with E-state index in [4.69, 9.17) is 0 Å². The highest BCUT2D eigenvalue weighted by Crippen LogP contribution is 2.44. The third-order valence-corrected chi connectivity index (χ3v) is 11.9. The SMILES string of the molecule is c1ccc2cc(-n3c4ccc5ccccc5c4c4c5ccccc5c(-c5ccc(-c6ccc7c8ccccc8c8ccccc8c7c6)cc5)cc43)ccc2c1. The Labute approximate surface area is 317 Å². The minimum absolute atomic E-state index is 1.17. The first-order valence-electron chi connectivity index (χ1n) is 19.1. The molecule has 0 amide bonds. The Balaban J connectivity index is 1.08. The molecule has 0 aliphatic carbocycles. The van der Waals surface area contributed by atoms with Gasteiger partial charge in [-0.25, -0.2) is 0 Å². The zero-order chi connectivity index (χ0) is 36.0. The van der Waals surface area contributed by atoms with Gasteiger partial charge in [0.2, 0.25) is 0 Å². The van der Waals surface area contributed by atoms with Gasteiger partial charge in [-0.15, -0.1) is 0 Å². The van der Waals surface area contributed by atoms with Gasteiger partial charge in [-0.3, -0.25) is 0 Å². The average molecular weight is 696 g/mol. The van der Waals surface area contributed by atoms with Crippen molar-refractivity contribution in [2.75, 3.05) is 0 Å². The molecule has 0 fully saturated rings. The van der Waals surface area contributed by atoms with Gasteiger partial charge in [0.1, 0.15) is 0 Å². The highest BCUT2D eigenvalue weighted by molar-refractivity contribution is 6.30. The van der Waals surface area contributed by atoms with E-state index in [1.54, 1.807) is 0 Å². The predicted octanol–water partition coefficient (Wildman–Crippen LogP) is 15.0. The number of rotatable bonds is 3. The molecule has 1 heteroatoms. The fourth-order valence-corrected chi connectivity index (χ4v) is 9.40. The van der Waals surface area contributed by atoms with Crippen LogP contribution in [-0.2, 0) is 0 Å². The summed E-state index contributed by atoms with van der Waals surface area (Å²) in [7, 11) is 0. The molecule has 0 aliphatic heterocycles.